The minimum absolute atomic E-state index is 0.0894. The van der Waals surface area contributed by atoms with Crippen LogP contribution in [0.25, 0.3) is 0 Å². The molecule has 0 saturated heterocycles. The van der Waals surface area contributed by atoms with Crippen molar-refractivity contribution < 1.29 is 13.2 Å². The fraction of sp³-hybridized carbons (Fsp3) is 0.438. The summed E-state index contributed by atoms with van der Waals surface area (Å²) < 4.78 is 26.0. The van der Waals surface area contributed by atoms with E-state index in [4.69, 9.17) is 0 Å². The topological polar surface area (TPSA) is 75.3 Å². The molecule has 1 aliphatic rings. The number of hydrogen-bond acceptors (Lipinski definition) is 5. The van der Waals surface area contributed by atoms with Gasteiger partial charge >= 0.3 is 0 Å². The van der Waals surface area contributed by atoms with Crippen LogP contribution in [0, 0.1) is 5.92 Å². The molecule has 0 bridgehead atoms. The fourth-order valence-corrected chi connectivity index (χ4v) is 6.03. The van der Waals surface area contributed by atoms with Crippen LogP contribution in [0.4, 0.5) is 0 Å². The minimum Gasteiger partial charge on any atom is -0.346 e. The van der Waals surface area contributed by atoms with E-state index in [0.29, 0.717) is 12.5 Å². The lowest BCUT2D eigenvalue weighted by molar-refractivity contribution is 0.0955. The van der Waals surface area contributed by atoms with Crippen molar-refractivity contribution in [3.8, 4) is 0 Å². The molecule has 3 rings (SSSR count). The molecular weight excluding hydrogens is 364 g/mol. The monoisotopic (exact) mass is 384 g/mol. The highest BCUT2D eigenvalue weighted by Gasteiger charge is 2.21. The van der Waals surface area contributed by atoms with Gasteiger partial charge in [0, 0.05) is 9.75 Å². The molecule has 130 valence electrons. The van der Waals surface area contributed by atoms with Crippen molar-refractivity contribution in [1.82, 2.24) is 10.0 Å². The van der Waals surface area contributed by atoms with Crippen molar-refractivity contribution in [3.63, 3.8) is 0 Å². The Labute approximate surface area is 150 Å². The predicted molar refractivity (Wildman–Crippen MR) is 97.2 cm³/mol. The average molecular weight is 385 g/mol. The van der Waals surface area contributed by atoms with Gasteiger partial charge in [0.25, 0.3) is 5.91 Å². The molecule has 8 heteroatoms. The quantitative estimate of drug-likeness (QED) is 0.832. The minimum atomic E-state index is -3.42. The molecule has 24 heavy (non-hydrogen) atoms. The van der Waals surface area contributed by atoms with E-state index in [2.05, 4.69) is 17.0 Å². The van der Waals surface area contributed by atoms with Crippen molar-refractivity contribution in [2.45, 2.75) is 36.9 Å². The Morgan fingerprint density at radius 2 is 2.12 bits per heavy atom. The van der Waals surface area contributed by atoms with E-state index < -0.39 is 10.0 Å². The highest BCUT2D eigenvalue weighted by atomic mass is 32.2. The summed E-state index contributed by atoms with van der Waals surface area (Å²) in [5.41, 5.74) is 1.31. The maximum absolute atomic E-state index is 12.4. The summed E-state index contributed by atoms with van der Waals surface area (Å²) in [6.07, 6.45) is 3.30. The fourth-order valence-electron chi connectivity index (χ4n) is 2.77. The van der Waals surface area contributed by atoms with Gasteiger partial charge in [0.15, 0.2) is 0 Å². The molecule has 2 N–H and O–H groups in total. The molecule has 0 aliphatic heterocycles. The maximum Gasteiger partial charge on any atom is 0.261 e. The Bertz CT molecular complexity index is 852. The third-order valence-corrected chi connectivity index (χ3v) is 8.37. The first kappa shape index (κ1) is 17.6. The van der Waals surface area contributed by atoms with Crippen LogP contribution in [0.3, 0.4) is 0 Å². The first-order chi connectivity index (χ1) is 11.4. The van der Waals surface area contributed by atoms with Crippen LogP contribution in [0.15, 0.2) is 22.4 Å². The Balaban J connectivity index is 1.64. The Kier molecular flexibility index (Phi) is 5.10. The van der Waals surface area contributed by atoms with E-state index in [1.807, 2.05) is 6.07 Å². The van der Waals surface area contributed by atoms with E-state index >= 15 is 0 Å². The lowest BCUT2D eigenvalue weighted by atomic mass is 9.90. The summed E-state index contributed by atoms with van der Waals surface area (Å²) in [4.78, 5) is 15.2. The van der Waals surface area contributed by atoms with Crippen LogP contribution >= 0.6 is 22.7 Å². The van der Waals surface area contributed by atoms with Gasteiger partial charge < -0.3 is 5.32 Å². The first-order valence-electron chi connectivity index (χ1n) is 7.81. The SMILES string of the molecule is CNS(=O)(=O)c1ccc(CNC(=O)c2cc3c(s2)CCC(C)C3)s1. The lowest BCUT2D eigenvalue weighted by Crippen LogP contribution is -2.21. The molecule has 1 atom stereocenters. The smallest absolute Gasteiger partial charge is 0.261 e. The zero-order valence-electron chi connectivity index (χ0n) is 13.6. The molecule has 0 spiro atoms. The Morgan fingerprint density at radius 3 is 2.88 bits per heavy atom. The van der Waals surface area contributed by atoms with Gasteiger partial charge in [-0.2, -0.15) is 0 Å². The highest BCUT2D eigenvalue weighted by Crippen LogP contribution is 2.32. The second-order valence-corrected chi connectivity index (χ2v) is 10.4. The number of fused-ring (bicyclic) bond motifs is 1. The summed E-state index contributed by atoms with van der Waals surface area (Å²) in [5, 5.41) is 2.89. The molecule has 0 saturated carbocycles. The van der Waals surface area contributed by atoms with E-state index in [0.717, 1.165) is 22.6 Å². The van der Waals surface area contributed by atoms with Gasteiger partial charge in [-0.1, -0.05) is 6.92 Å². The first-order valence-corrected chi connectivity index (χ1v) is 10.9. The number of thiophene rings is 2. The lowest BCUT2D eigenvalue weighted by Gasteiger charge is -2.16. The molecule has 0 aromatic carbocycles. The summed E-state index contributed by atoms with van der Waals surface area (Å²) >= 11 is 2.75. The number of nitrogens with one attached hydrogen (secondary N) is 2. The van der Waals surface area contributed by atoms with E-state index in [1.54, 1.807) is 23.5 Å². The van der Waals surface area contributed by atoms with Gasteiger partial charge in [-0.05, 0) is 56.0 Å². The van der Waals surface area contributed by atoms with Crippen LogP contribution in [0.1, 0.15) is 38.3 Å². The molecule has 2 aromatic heterocycles. The number of aryl methyl sites for hydroxylation is 1. The predicted octanol–water partition coefficient (Wildman–Crippen LogP) is 2.77. The van der Waals surface area contributed by atoms with E-state index in [9.17, 15) is 13.2 Å². The standard InChI is InChI=1S/C16H20N2O3S3/c1-10-3-5-13-11(7-10)8-14(23-13)16(19)18-9-12-4-6-15(22-12)24(20,21)17-2/h4,6,8,10,17H,3,5,7,9H2,1-2H3,(H,18,19). The maximum atomic E-state index is 12.4. The molecule has 2 aromatic rings. The summed E-state index contributed by atoms with van der Waals surface area (Å²) in [6.45, 7) is 2.58. The van der Waals surface area contributed by atoms with Crippen LogP contribution in [-0.2, 0) is 29.4 Å². The highest BCUT2D eigenvalue weighted by molar-refractivity contribution is 7.91. The van der Waals surface area contributed by atoms with Gasteiger partial charge in [0.1, 0.15) is 4.21 Å². The van der Waals surface area contributed by atoms with E-state index in [-0.39, 0.29) is 10.1 Å². The van der Waals surface area contributed by atoms with Gasteiger partial charge in [-0.25, -0.2) is 13.1 Å². The zero-order valence-corrected chi connectivity index (χ0v) is 16.0. The van der Waals surface area contributed by atoms with Crippen molar-refractivity contribution in [2.24, 2.45) is 5.92 Å². The second kappa shape index (κ2) is 6.95. The molecule has 1 amide bonds. The van der Waals surface area contributed by atoms with Crippen molar-refractivity contribution >= 4 is 38.6 Å². The number of carbonyl (C=O) groups excluding carboxylic acids is 1. The zero-order chi connectivity index (χ0) is 17.3. The van der Waals surface area contributed by atoms with Crippen LogP contribution < -0.4 is 10.0 Å². The van der Waals surface area contributed by atoms with Crippen molar-refractivity contribution in [1.29, 1.82) is 0 Å². The van der Waals surface area contributed by atoms with Crippen LogP contribution in [0.2, 0.25) is 0 Å². The van der Waals surface area contributed by atoms with Gasteiger partial charge in [0.05, 0.1) is 11.4 Å². The normalized spacial score (nSPS) is 17.5. The average Bonchev–Trinajstić information content (AvgIpc) is 3.19. The van der Waals surface area contributed by atoms with Crippen molar-refractivity contribution in [3.05, 3.63) is 38.4 Å². The number of carbonyl (C=O) groups is 1. The summed E-state index contributed by atoms with van der Waals surface area (Å²) in [5.74, 6) is 0.593. The summed E-state index contributed by atoms with van der Waals surface area (Å²) in [6, 6.07) is 5.30. The Morgan fingerprint density at radius 1 is 1.33 bits per heavy atom. The summed E-state index contributed by atoms with van der Waals surface area (Å²) in [7, 11) is -2.03. The molecule has 1 unspecified atom stereocenters. The van der Waals surface area contributed by atoms with Crippen LogP contribution in [-0.4, -0.2) is 21.4 Å². The second-order valence-electron chi connectivity index (χ2n) is 6.02. The molecule has 2 heterocycles. The largest absolute Gasteiger partial charge is 0.346 e. The molecule has 0 fully saturated rings. The third kappa shape index (κ3) is 3.72. The van der Waals surface area contributed by atoms with Gasteiger partial charge in [0.2, 0.25) is 10.0 Å². The third-order valence-electron chi connectivity index (χ3n) is 4.15. The molecule has 1 aliphatic carbocycles. The Hall–Kier alpha value is -1.22. The number of amides is 1. The number of sulfonamides is 1. The molecule has 0 radical (unpaired) electrons. The van der Waals surface area contributed by atoms with Gasteiger partial charge in [-0.15, -0.1) is 22.7 Å². The molecule has 5 nitrogen and oxygen atoms in total. The molecular formula is C16H20N2O3S3. The number of rotatable bonds is 5. The van der Waals surface area contributed by atoms with Crippen LogP contribution in [0.5, 0.6) is 0 Å². The van der Waals surface area contributed by atoms with E-state index in [1.165, 1.54) is 35.2 Å². The van der Waals surface area contributed by atoms with Crippen molar-refractivity contribution in [2.75, 3.05) is 7.05 Å². The van der Waals surface area contributed by atoms with Gasteiger partial charge in [-0.3, -0.25) is 4.79 Å². The number of hydrogen-bond donors (Lipinski definition) is 2.